The van der Waals surface area contributed by atoms with E-state index in [1.54, 1.807) is 12.1 Å². The highest BCUT2D eigenvalue weighted by molar-refractivity contribution is 6.24. The molecule has 5 rings (SSSR count). The Labute approximate surface area is 199 Å². The highest BCUT2D eigenvalue weighted by Crippen LogP contribution is 2.53. The number of Topliss-reactive ketones (excluding diaryl/α,β-unsaturated/α-hetero) is 1. The first-order valence-electron chi connectivity index (χ1n) is 11.0. The summed E-state index contributed by atoms with van der Waals surface area (Å²) in [7, 11) is 1.27. The Bertz CT molecular complexity index is 1290. The monoisotopic (exact) mass is 476 g/mol. The predicted octanol–water partition coefficient (Wildman–Crippen LogP) is 2.95. The normalized spacial score (nSPS) is 24.0. The summed E-state index contributed by atoms with van der Waals surface area (Å²) in [6.45, 7) is -0.683. The van der Waals surface area contributed by atoms with Gasteiger partial charge in [0.05, 0.1) is 35.1 Å². The van der Waals surface area contributed by atoms with Crippen molar-refractivity contribution in [3.05, 3.63) is 75.9 Å². The van der Waals surface area contributed by atoms with Gasteiger partial charge in [0.1, 0.15) is 0 Å². The van der Waals surface area contributed by atoms with E-state index in [-0.39, 0.29) is 46.2 Å². The van der Waals surface area contributed by atoms with Gasteiger partial charge in [0.25, 0.3) is 0 Å². The summed E-state index contributed by atoms with van der Waals surface area (Å²) in [5.41, 5.74) is -0.328. The van der Waals surface area contributed by atoms with Gasteiger partial charge in [-0.2, -0.15) is 0 Å². The number of ketones is 1. The summed E-state index contributed by atoms with van der Waals surface area (Å²) in [6.07, 6.45) is 4.75. The van der Waals surface area contributed by atoms with Gasteiger partial charge in [0.15, 0.2) is 12.4 Å². The Balaban J connectivity index is 1.34. The van der Waals surface area contributed by atoms with Gasteiger partial charge >= 0.3 is 11.7 Å². The van der Waals surface area contributed by atoms with Crippen LogP contribution < -0.4 is 9.64 Å². The highest BCUT2D eigenvalue weighted by atomic mass is 16.6. The number of carbonyl (C=O) groups excluding carboxylic acids is 4. The van der Waals surface area contributed by atoms with E-state index in [4.69, 9.17) is 9.47 Å². The average Bonchev–Trinajstić information content (AvgIpc) is 3.55. The van der Waals surface area contributed by atoms with Crippen LogP contribution in [0.2, 0.25) is 0 Å². The maximum atomic E-state index is 13.2. The van der Waals surface area contributed by atoms with Crippen LogP contribution in [-0.4, -0.2) is 42.2 Å². The Morgan fingerprint density at radius 1 is 1.06 bits per heavy atom. The molecule has 35 heavy (non-hydrogen) atoms. The number of anilines is 1. The standard InChI is InChI=1S/C25H20N2O8/c1-34-20-9-8-13(11-18(20)27(32)33)19(28)12-35-25(31)16-4-2-3-5-17(16)26-23(29)21-14-6-7-15(10-14)22(21)24(26)30/h2-9,11,14-15,21-22H,10,12H2,1H3/t14-,15-,21-,22-/m0/s1. The number of imide groups is 1. The van der Waals surface area contributed by atoms with Crippen LogP contribution in [0, 0.1) is 33.8 Å². The largest absolute Gasteiger partial charge is 0.490 e. The van der Waals surface area contributed by atoms with Crippen molar-refractivity contribution in [3.63, 3.8) is 0 Å². The molecule has 2 amide bonds. The lowest BCUT2D eigenvalue weighted by atomic mass is 9.85. The number of rotatable bonds is 7. The zero-order valence-electron chi connectivity index (χ0n) is 18.6. The summed E-state index contributed by atoms with van der Waals surface area (Å²) >= 11 is 0. The van der Waals surface area contributed by atoms with Crippen molar-refractivity contribution in [3.8, 4) is 5.75 Å². The van der Waals surface area contributed by atoms with Gasteiger partial charge < -0.3 is 9.47 Å². The second kappa shape index (κ2) is 8.46. The Morgan fingerprint density at radius 3 is 2.34 bits per heavy atom. The van der Waals surface area contributed by atoms with Gasteiger partial charge in [-0.05, 0) is 42.5 Å². The van der Waals surface area contributed by atoms with Gasteiger partial charge in [-0.3, -0.25) is 24.5 Å². The zero-order chi connectivity index (χ0) is 24.9. The van der Waals surface area contributed by atoms with E-state index in [0.29, 0.717) is 0 Å². The van der Waals surface area contributed by atoms with E-state index < -0.39 is 40.8 Å². The van der Waals surface area contributed by atoms with Crippen molar-refractivity contribution >= 4 is 34.9 Å². The first kappa shape index (κ1) is 22.5. The van der Waals surface area contributed by atoms with Gasteiger partial charge in [-0.1, -0.05) is 24.3 Å². The molecule has 2 aromatic rings. The number of fused-ring (bicyclic) bond motifs is 5. The SMILES string of the molecule is COc1ccc(C(=O)COC(=O)c2ccccc2N2C(=O)[C@@H]3[C@@H](C2=O)[C@H]2C=C[C@H]3C2)cc1[N+](=O)[O-]. The molecule has 3 aliphatic rings. The number of hydrogen-bond acceptors (Lipinski definition) is 8. The van der Waals surface area contributed by atoms with Crippen LogP contribution in [-0.2, 0) is 14.3 Å². The number of amides is 2. The van der Waals surface area contributed by atoms with Crippen molar-refractivity contribution in [2.24, 2.45) is 23.7 Å². The molecule has 0 N–H and O–H groups in total. The number of para-hydroxylation sites is 1. The van der Waals surface area contributed by atoms with Gasteiger partial charge in [-0.25, -0.2) is 9.69 Å². The number of ether oxygens (including phenoxy) is 2. The molecule has 1 heterocycles. The minimum atomic E-state index is -0.893. The van der Waals surface area contributed by atoms with Crippen LogP contribution in [0.1, 0.15) is 27.1 Å². The molecule has 10 heteroatoms. The minimum Gasteiger partial charge on any atom is -0.490 e. The summed E-state index contributed by atoms with van der Waals surface area (Å²) in [5, 5.41) is 11.2. The lowest BCUT2D eigenvalue weighted by molar-refractivity contribution is -0.385. The van der Waals surface area contributed by atoms with Gasteiger partial charge in [0.2, 0.25) is 17.6 Å². The molecule has 178 valence electrons. The number of carbonyl (C=O) groups is 4. The third-order valence-corrected chi connectivity index (χ3v) is 6.87. The van der Waals surface area contributed by atoms with Crippen LogP contribution in [0.3, 0.4) is 0 Å². The molecule has 2 aromatic carbocycles. The van der Waals surface area contributed by atoms with E-state index in [1.165, 1.54) is 31.4 Å². The van der Waals surface area contributed by atoms with Crippen LogP contribution in [0.25, 0.3) is 0 Å². The summed E-state index contributed by atoms with van der Waals surface area (Å²) in [6, 6.07) is 9.75. The number of nitrogens with zero attached hydrogens (tertiary/aromatic N) is 2. The van der Waals surface area contributed by atoms with Gasteiger partial charge in [-0.15, -0.1) is 0 Å². The molecule has 2 fully saturated rings. The number of hydrogen-bond donors (Lipinski definition) is 0. The molecule has 10 nitrogen and oxygen atoms in total. The first-order chi connectivity index (χ1) is 16.8. The fourth-order valence-corrected chi connectivity index (χ4v) is 5.28. The second-order valence-electron chi connectivity index (χ2n) is 8.67. The molecule has 0 aromatic heterocycles. The third kappa shape index (κ3) is 3.58. The minimum absolute atomic E-state index is 0.00850. The molecule has 2 aliphatic carbocycles. The lowest BCUT2D eigenvalue weighted by Gasteiger charge is -2.19. The molecule has 2 bridgehead atoms. The first-order valence-corrected chi connectivity index (χ1v) is 11.0. The number of nitro groups is 1. The highest BCUT2D eigenvalue weighted by Gasteiger charge is 2.59. The molecule has 1 saturated carbocycles. The lowest BCUT2D eigenvalue weighted by Crippen LogP contribution is -2.34. The van der Waals surface area contributed by atoms with E-state index >= 15 is 0 Å². The Hall–Kier alpha value is -4.34. The number of benzene rings is 2. The smallest absolute Gasteiger partial charge is 0.340 e. The molecule has 1 aliphatic heterocycles. The fourth-order valence-electron chi connectivity index (χ4n) is 5.28. The van der Waals surface area contributed by atoms with Crippen molar-refractivity contribution in [1.82, 2.24) is 0 Å². The Kier molecular flexibility index (Phi) is 5.43. The molecule has 0 radical (unpaired) electrons. The topological polar surface area (TPSA) is 133 Å². The number of esters is 1. The Morgan fingerprint density at radius 2 is 1.71 bits per heavy atom. The number of nitro benzene ring substituents is 1. The second-order valence-corrected chi connectivity index (χ2v) is 8.67. The maximum absolute atomic E-state index is 13.2. The van der Waals surface area contributed by atoms with Crippen molar-refractivity contribution in [1.29, 1.82) is 0 Å². The van der Waals surface area contributed by atoms with Gasteiger partial charge in [0, 0.05) is 11.6 Å². The molecule has 0 unspecified atom stereocenters. The third-order valence-electron chi connectivity index (χ3n) is 6.87. The van der Waals surface area contributed by atoms with Crippen molar-refractivity contribution in [2.75, 3.05) is 18.6 Å². The summed E-state index contributed by atoms with van der Waals surface area (Å²) < 4.78 is 10.1. The molecular weight excluding hydrogens is 456 g/mol. The van der Waals surface area contributed by atoms with E-state index in [0.717, 1.165) is 17.4 Å². The average molecular weight is 476 g/mol. The quantitative estimate of drug-likeness (QED) is 0.149. The van der Waals surface area contributed by atoms with Crippen LogP contribution in [0.4, 0.5) is 11.4 Å². The summed E-state index contributed by atoms with van der Waals surface area (Å²) in [5.74, 6) is -3.03. The van der Waals surface area contributed by atoms with Crippen molar-refractivity contribution < 1.29 is 33.6 Å². The summed E-state index contributed by atoms with van der Waals surface area (Å²) in [4.78, 5) is 63.3. The fraction of sp³-hybridized carbons (Fsp3) is 0.280. The van der Waals surface area contributed by atoms with Crippen LogP contribution >= 0.6 is 0 Å². The maximum Gasteiger partial charge on any atom is 0.340 e. The van der Waals surface area contributed by atoms with Crippen LogP contribution in [0.5, 0.6) is 5.75 Å². The number of allylic oxidation sites excluding steroid dienone is 2. The molecular formula is C25H20N2O8. The number of methoxy groups -OCH3 is 1. The van der Waals surface area contributed by atoms with Crippen molar-refractivity contribution in [2.45, 2.75) is 6.42 Å². The zero-order valence-corrected chi connectivity index (χ0v) is 18.6. The van der Waals surface area contributed by atoms with E-state index in [1.807, 2.05) is 12.2 Å². The molecule has 1 saturated heterocycles. The van der Waals surface area contributed by atoms with Crippen LogP contribution in [0.15, 0.2) is 54.6 Å². The molecule has 0 spiro atoms. The van der Waals surface area contributed by atoms with E-state index in [2.05, 4.69) is 0 Å². The molecule has 4 atom stereocenters. The predicted molar refractivity (Wildman–Crippen MR) is 121 cm³/mol. The van der Waals surface area contributed by atoms with E-state index in [9.17, 15) is 29.3 Å².